The molecule has 0 spiro atoms. The van der Waals surface area contributed by atoms with Gasteiger partial charge in [0.2, 0.25) is 0 Å². The number of allylic oxidation sites excluding steroid dienone is 4. The minimum Gasteiger partial charge on any atom is -0.147 e. The number of hydrogen-bond donors (Lipinski definition) is 0. The van der Waals surface area contributed by atoms with Crippen molar-refractivity contribution in [1.82, 2.24) is 0 Å². The van der Waals surface area contributed by atoms with Crippen LogP contribution >= 0.6 is 24.8 Å². The topological polar surface area (TPSA) is 9.23 Å². The van der Waals surface area contributed by atoms with E-state index in [2.05, 4.69) is 106 Å². The molecule has 0 fully saturated rings. The van der Waals surface area contributed by atoms with E-state index < -0.39 is 5.60 Å². The van der Waals surface area contributed by atoms with Gasteiger partial charge in [0.1, 0.15) is 0 Å². The van der Waals surface area contributed by atoms with E-state index in [0.29, 0.717) is 0 Å². The molecule has 0 amide bonds. The zero-order chi connectivity index (χ0) is 20.4. The SMILES string of the molecule is CC1=C(C)C(C)=C(c2ccccc2C([O][Ti])(c2ccccc2)c2ccccc2)C1.Cl.Cl. The van der Waals surface area contributed by atoms with Crippen molar-refractivity contribution < 1.29 is 24.1 Å². The molecular formula is C27H27Cl2OTi. The maximum atomic E-state index is 6.45. The van der Waals surface area contributed by atoms with E-state index in [0.717, 1.165) is 17.5 Å². The largest absolute Gasteiger partial charge is 0.147 e. The summed E-state index contributed by atoms with van der Waals surface area (Å²) in [6.45, 7) is 6.72. The van der Waals surface area contributed by atoms with Gasteiger partial charge in [-0.2, -0.15) is 0 Å². The van der Waals surface area contributed by atoms with Crippen LogP contribution < -0.4 is 0 Å². The third-order valence-electron chi connectivity index (χ3n) is 6.24. The van der Waals surface area contributed by atoms with Gasteiger partial charge in [-0.25, -0.2) is 0 Å². The Labute approximate surface area is 210 Å². The Morgan fingerprint density at radius 1 is 0.677 bits per heavy atom. The Bertz CT molecular complexity index is 1050. The number of benzene rings is 3. The Hall–Kier alpha value is -1.61. The molecule has 159 valence electrons. The van der Waals surface area contributed by atoms with Gasteiger partial charge >= 0.3 is 186 Å². The number of halogens is 2. The standard InChI is InChI=1S/C27H25O.2ClH.Ti/c1-19-18-25(21(3)20(19)2)24-16-10-11-17-26(24)27(28,22-12-6-4-7-13-22)23-14-8-5-9-15-23;;;/h4-17H,18H2,1-3H3;2*1H;/q-1;;;+1. The second kappa shape index (κ2) is 10.8. The van der Waals surface area contributed by atoms with Crippen molar-refractivity contribution in [3.05, 3.63) is 124 Å². The minimum absolute atomic E-state index is 0. The number of hydrogen-bond acceptors (Lipinski definition) is 1. The smallest absolute Gasteiger partial charge is 0.147 e. The fourth-order valence-corrected chi connectivity index (χ4v) is 4.96. The van der Waals surface area contributed by atoms with Crippen molar-refractivity contribution in [2.24, 2.45) is 0 Å². The zero-order valence-corrected chi connectivity index (χ0v) is 21.2. The second-order valence-corrected chi connectivity index (χ2v) is 8.07. The first-order valence-electron chi connectivity index (χ1n) is 10.0. The van der Waals surface area contributed by atoms with Gasteiger partial charge in [-0.1, -0.05) is 0 Å². The predicted octanol–water partition coefficient (Wildman–Crippen LogP) is 7.81. The minimum atomic E-state index is -0.670. The molecule has 1 aliphatic rings. The fourth-order valence-electron chi connectivity index (χ4n) is 4.42. The summed E-state index contributed by atoms with van der Waals surface area (Å²) in [4.78, 5) is 0. The van der Waals surface area contributed by atoms with Gasteiger partial charge in [-0.3, -0.25) is 0 Å². The molecule has 0 heterocycles. The molecule has 4 rings (SSSR count). The first-order chi connectivity index (χ1) is 14.1. The monoisotopic (exact) mass is 485 g/mol. The van der Waals surface area contributed by atoms with E-state index in [9.17, 15) is 0 Å². The number of rotatable bonds is 5. The quantitative estimate of drug-likeness (QED) is 0.264. The molecular weight excluding hydrogens is 459 g/mol. The first-order valence-corrected chi connectivity index (χ1v) is 10.7. The van der Waals surface area contributed by atoms with E-state index in [1.165, 1.54) is 33.4 Å². The van der Waals surface area contributed by atoms with Crippen LogP contribution in [-0.4, -0.2) is 0 Å². The van der Waals surface area contributed by atoms with Crippen LogP contribution in [0, 0.1) is 0 Å². The van der Waals surface area contributed by atoms with Crippen molar-refractivity contribution in [2.75, 3.05) is 0 Å². The van der Waals surface area contributed by atoms with Crippen LogP contribution in [0.25, 0.3) is 5.57 Å². The van der Waals surface area contributed by atoms with Crippen LogP contribution in [0.4, 0.5) is 0 Å². The third-order valence-corrected chi connectivity index (χ3v) is 6.72. The van der Waals surface area contributed by atoms with Crippen molar-refractivity contribution in [3.8, 4) is 0 Å². The van der Waals surface area contributed by atoms with E-state index in [-0.39, 0.29) is 24.8 Å². The Morgan fingerprint density at radius 2 is 1.16 bits per heavy atom. The average Bonchev–Trinajstić information content (AvgIpc) is 3.04. The van der Waals surface area contributed by atoms with Crippen LogP contribution in [0.2, 0.25) is 0 Å². The molecule has 0 atom stereocenters. The average molecular weight is 486 g/mol. The summed E-state index contributed by atoms with van der Waals surface area (Å²) < 4.78 is 6.45. The van der Waals surface area contributed by atoms with Gasteiger partial charge in [0.15, 0.2) is 0 Å². The van der Waals surface area contributed by atoms with Gasteiger partial charge in [0, 0.05) is 0 Å². The molecule has 3 aromatic rings. The molecule has 0 aliphatic heterocycles. The van der Waals surface area contributed by atoms with Crippen LogP contribution in [0.3, 0.4) is 0 Å². The van der Waals surface area contributed by atoms with Crippen molar-refractivity contribution in [1.29, 1.82) is 0 Å². The van der Waals surface area contributed by atoms with Gasteiger partial charge in [0.05, 0.1) is 0 Å². The van der Waals surface area contributed by atoms with Crippen LogP contribution in [0.5, 0.6) is 0 Å². The van der Waals surface area contributed by atoms with Gasteiger partial charge in [-0.15, -0.1) is 24.8 Å². The third kappa shape index (κ3) is 4.49. The fraction of sp³-hybridized carbons (Fsp3) is 0.185. The Morgan fingerprint density at radius 3 is 1.61 bits per heavy atom. The molecule has 0 bridgehead atoms. The van der Waals surface area contributed by atoms with Crippen LogP contribution in [-0.2, 0) is 29.7 Å². The Kier molecular flexibility index (Phi) is 8.95. The van der Waals surface area contributed by atoms with Crippen molar-refractivity contribution in [3.63, 3.8) is 0 Å². The zero-order valence-electron chi connectivity index (χ0n) is 18.0. The second-order valence-electron chi connectivity index (χ2n) is 7.75. The molecule has 0 saturated carbocycles. The van der Waals surface area contributed by atoms with Crippen molar-refractivity contribution in [2.45, 2.75) is 32.8 Å². The molecule has 31 heavy (non-hydrogen) atoms. The predicted molar refractivity (Wildman–Crippen MR) is 130 cm³/mol. The summed E-state index contributed by atoms with van der Waals surface area (Å²) in [5.41, 5.74) is 9.73. The Balaban J connectivity index is 0.00000171. The maximum absolute atomic E-state index is 6.45. The molecule has 0 unspecified atom stereocenters. The molecule has 0 saturated heterocycles. The summed E-state index contributed by atoms with van der Waals surface area (Å²) in [6, 6.07) is 29.9. The molecule has 1 nitrogen and oxygen atoms in total. The normalized spacial score (nSPS) is 13.6. The van der Waals surface area contributed by atoms with Crippen LogP contribution in [0.1, 0.15) is 49.4 Å². The molecule has 3 aromatic carbocycles. The molecule has 0 radical (unpaired) electrons. The van der Waals surface area contributed by atoms with Gasteiger partial charge < -0.3 is 0 Å². The molecule has 1 aliphatic carbocycles. The van der Waals surface area contributed by atoms with Gasteiger partial charge in [-0.05, 0) is 0 Å². The van der Waals surface area contributed by atoms with Gasteiger partial charge in [0.25, 0.3) is 0 Å². The summed E-state index contributed by atoms with van der Waals surface area (Å²) in [7, 11) is 0. The summed E-state index contributed by atoms with van der Waals surface area (Å²) in [5, 5.41) is 0. The maximum Gasteiger partial charge on any atom is -0.147 e. The molecule has 0 aromatic heterocycles. The van der Waals surface area contributed by atoms with Crippen molar-refractivity contribution >= 4 is 30.4 Å². The van der Waals surface area contributed by atoms with E-state index in [4.69, 9.17) is 3.32 Å². The molecule has 0 N–H and O–H groups in total. The van der Waals surface area contributed by atoms with E-state index in [1.54, 1.807) is 0 Å². The summed E-state index contributed by atoms with van der Waals surface area (Å²) in [5.74, 6) is 0. The molecule has 4 heteroatoms. The summed E-state index contributed by atoms with van der Waals surface area (Å²) >= 11 is 1.82. The van der Waals surface area contributed by atoms with E-state index in [1.807, 2.05) is 20.8 Å². The first kappa shape index (κ1) is 25.7. The van der Waals surface area contributed by atoms with E-state index >= 15 is 0 Å². The summed E-state index contributed by atoms with van der Waals surface area (Å²) in [6.07, 6.45) is 0.998. The van der Waals surface area contributed by atoms with Crippen LogP contribution in [0.15, 0.2) is 102 Å².